The van der Waals surface area contributed by atoms with E-state index in [2.05, 4.69) is 0 Å². The van der Waals surface area contributed by atoms with E-state index < -0.39 is 72.8 Å². The molecule has 0 amide bonds. The fourth-order valence-corrected chi connectivity index (χ4v) is 7.70. The maximum Gasteiger partial charge on any atom is 0.311 e. The van der Waals surface area contributed by atoms with Crippen LogP contribution in [-0.2, 0) is 85.2 Å². The molecule has 5 aromatic carbocycles. The fraction of sp³-hybridized carbons (Fsp3) is 0.415. The molecule has 0 aliphatic carbocycles. The lowest BCUT2D eigenvalue weighted by Gasteiger charge is -2.47. The largest absolute Gasteiger partial charge is 0.454 e. The average molecular weight is 891 g/mol. The number of hydrogen-bond acceptors (Lipinski definition) is 12. The number of benzene rings is 5. The van der Waals surface area contributed by atoms with Gasteiger partial charge in [0.05, 0.1) is 51.7 Å². The maximum atomic E-state index is 14.0. The van der Waals surface area contributed by atoms with E-state index in [0.29, 0.717) is 6.61 Å². The molecule has 0 spiro atoms. The predicted octanol–water partition coefficient (Wildman–Crippen LogP) is 7.98. The Kier molecular flexibility index (Phi) is 17.8. The Morgan fingerprint density at radius 2 is 0.846 bits per heavy atom. The monoisotopic (exact) mass is 890 g/mol. The number of methoxy groups -OCH3 is 1. The van der Waals surface area contributed by atoms with Gasteiger partial charge in [-0.25, -0.2) is 0 Å². The first-order chi connectivity index (χ1) is 31.7. The molecular formula is C53H62O12. The van der Waals surface area contributed by atoms with Crippen molar-refractivity contribution in [1.29, 1.82) is 0 Å². The summed E-state index contributed by atoms with van der Waals surface area (Å²) in [6.45, 7) is 6.42. The zero-order valence-electron chi connectivity index (χ0n) is 37.6. The second-order valence-corrected chi connectivity index (χ2v) is 17.3. The molecule has 2 saturated heterocycles. The van der Waals surface area contributed by atoms with E-state index in [1.807, 2.05) is 152 Å². The Labute approximate surface area is 382 Å². The van der Waals surface area contributed by atoms with E-state index in [-0.39, 0.29) is 39.6 Å². The molecule has 2 fully saturated rings. The molecule has 7 rings (SSSR count). The van der Waals surface area contributed by atoms with Gasteiger partial charge < -0.3 is 52.5 Å². The van der Waals surface area contributed by atoms with Crippen LogP contribution in [0, 0.1) is 5.41 Å². The number of carbonyl (C=O) groups excluding carboxylic acids is 1. The highest BCUT2D eigenvalue weighted by molar-refractivity contribution is 5.75. The molecule has 1 N–H and O–H groups in total. The van der Waals surface area contributed by atoms with Crippen molar-refractivity contribution in [3.63, 3.8) is 0 Å². The zero-order valence-corrected chi connectivity index (χ0v) is 37.6. The lowest BCUT2D eigenvalue weighted by molar-refractivity contribution is -0.344. The van der Waals surface area contributed by atoms with Gasteiger partial charge in [0.25, 0.3) is 0 Å². The van der Waals surface area contributed by atoms with Gasteiger partial charge in [0, 0.05) is 7.11 Å². The first-order valence-electron chi connectivity index (χ1n) is 22.2. The van der Waals surface area contributed by atoms with E-state index in [0.717, 1.165) is 27.8 Å². The zero-order chi connectivity index (χ0) is 45.4. The van der Waals surface area contributed by atoms with Gasteiger partial charge in [0.15, 0.2) is 18.7 Å². The van der Waals surface area contributed by atoms with Crippen molar-refractivity contribution in [1.82, 2.24) is 0 Å². The Morgan fingerprint density at radius 3 is 1.28 bits per heavy atom. The van der Waals surface area contributed by atoms with Crippen molar-refractivity contribution in [3.05, 3.63) is 179 Å². The molecule has 2 heterocycles. The van der Waals surface area contributed by atoms with Crippen LogP contribution >= 0.6 is 0 Å². The molecule has 12 heteroatoms. The number of aliphatic hydroxyl groups excluding tert-OH is 1. The van der Waals surface area contributed by atoms with Crippen LogP contribution in [0.25, 0.3) is 0 Å². The second-order valence-electron chi connectivity index (χ2n) is 17.3. The molecule has 10 atom stereocenters. The van der Waals surface area contributed by atoms with Crippen molar-refractivity contribution in [3.8, 4) is 0 Å². The molecule has 0 radical (unpaired) electrons. The van der Waals surface area contributed by atoms with Gasteiger partial charge in [-0.2, -0.15) is 0 Å². The number of ether oxygens (including phenoxy) is 10. The smallest absolute Gasteiger partial charge is 0.311 e. The van der Waals surface area contributed by atoms with E-state index in [1.165, 1.54) is 7.11 Å². The summed E-state index contributed by atoms with van der Waals surface area (Å²) in [5.74, 6) is -0.483. The van der Waals surface area contributed by atoms with Crippen molar-refractivity contribution < 1.29 is 57.3 Å². The predicted molar refractivity (Wildman–Crippen MR) is 242 cm³/mol. The van der Waals surface area contributed by atoms with Crippen molar-refractivity contribution in [2.45, 2.75) is 115 Å². The lowest BCUT2D eigenvalue weighted by Crippen LogP contribution is -2.64. The summed E-state index contributed by atoms with van der Waals surface area (Å²) >= 11 is 0. The Bertz CT molecular complexity index is 2100. The first kappa shape index (κ1) is 48.1. The van der Waals surface area contributed by atoms with Crippen LogP contribution < -0.4 is 0 Å². The molecule has 0 unspecified atom stereocenters. The van der Waals surface area contributed by atoms with Gasteiger partial charge in [-0.3, -0.25) is 4.79 Å². The minimum Gasteiger partial charge on any atom is -0.454 e. The topological polar surface area (TPSA) is 130 Å². The Hall–Kier alpha value is -4.83. The van der Waals surface area contributed by atoms with Crippen LogP contribution in [0.1, 0.15) is 48.6 Å². The van der Waals surface area contributed by atoms with E-state index >= 15 is 0 Å². The Morgan fingerprint density at radius 1 is 0.477 bits per heavy atom. The summed E-state index contributed by atoms with van der Waals surface area (Å²) in [4.78, 5) is 14.0. The SMILES string of the molecule is CO[C@@H]1O[C@H](CO[C@@H]2O[C@H](COCc3ccccc3)[C@@H](OCc3ccccc3)[C@H](OCc3ccccc3)[C@H]2OC(=O)C(C)(C)C)[C@@H](OCc2ccccc2)[C@H](OCc2ccccc2)[C@H]1O. The number of hydrogen-bond donors (Lipinski definition) is 1. The summed E-state index contributed by atoms with van der Waals surface area (Å²) in [6.07, 6.45) is -9.69. The third kappa shape index (κ3) is 13.8. The van der Waals surface area contributed by atoms with E-state index in [4.69, 9.17) is 47.4 Å². The summed E-state index contributed by atoms with van der Waals surface area (Å²) < 4.78 is 65.1. The molecule has 5 aromatic rings. The second kappa shape index (κ2) is 24.1. The van der Waals surface area contributed by atoms with Gasteiger partial charge >= 0.3 is 5.97 Å². The molecule has 0 aromatic heterocycles. The van der Waals surface area contributed by atoms with Crippen molar-refractivity contribution in [2.75, 3.05) is 20.3 Å². The number of aliphatic hydroxyl groups is 1. The third-order valence-corrected chi connectivity index (χ3v) is 11.3. The summed E-state index contributed by atoms with van der Waals surface area (Å²) in [6, 6.07) is 48.8. The molecule has 2 aliphatic heterocycles. The van der Waals surface area contributed by atoms with Gasteiger partial charge in [-0.1, -0.05) is 152 Å². The summed E-state index contributed by atoms with van der Waals surface area (Å²) in [5.41, 5.74) is 3.78. The van der Waals surface area contributed by atoms with Crippen LogP contribution in [0.4, 0.5) is 0 Å². The van der Waals surface area contributed by atoms with E-state index in [9.17, 15) is 9.90 Å². The summed E-state index contributed by atoms with van der Waals surface area (Å²) in [7, 11) is 1.46. The van der Waals surface area contributed by atoms with Crippen molar-refractivity contribution in [2.24, 2.45) is 5.41 Å². The third-order valence-electron chi connectivity index (χ3n) is 11.3. The van der Waals surface area contributed by atoms with Crippen LogP contribution in [0.2, 0.25) is 0 Å². The average Bonchev–Trinajstić information content (AvgIpc) is 3.33. The normalized spacial score (nSPS) is 25.8. The van der Waals surface area contributed by atoms with Gasteiger partial charge in [-0.15, -0.1) is 0 Å². The maximum absolute atomic E-state index is 14.0. The van der Waals surface area contributed by atoms with Crippen LogP contribution in [0.15, 0.2) is 152 Å². The van der Waals surface area contributed by atoms with Crippen LogP contribution in [0.5, 0.6) is 0 Å². The minimum absolute atomic E-state index is 0.0927. The standard InChI is InChI=1S/C53H62O12/c1-53(2,3)52(55)65-49-48(61-34-41-28-18-9-19-29-41)46(59-32-39-24-14-7-15-25-39)42(35-57-30-37-20-10-5-11-21-37)64-51(49)62-36-43-45(58-31-38-22-12-6-13-23-38)47(44(54)50(56-4)63-43)60-33-40-26-16-8-17-27-40/h5-29,42-51,54H,30-36H2,1-4H3/t42-,43-,44-,45-,46-,47-,48+,49-,50-,51-/m1/s1. The molecule has 346 valence electrons. The number of esters is 1. The first-order valence-corrected chi connectivity index (χ1v) is 22.2. The van der Waals surface area contributed by atoms with Gasteiger partial charge in [-0.05, 0) is 48.6 Å². The van der Waals surface area contributed by atoms with E-state index in [1.54, 1.807) is 20.8 Å². The van der Waals surface area contributed by atoms with Crippen LogP contribution in [-0.4, -0.2) is 92.8 Å². The lowest BCUT2D eigenvalue weighted by atomic mass is 9.95. The molecule has 65 heavy (non-hydrogen) atoms. The quantitative estimate of drug-likeness (QED) is 0.0718. The number of rotatable bonds is 21. The highest BCUT2D eigenvalue weighted by Crippen LogP contribution is 2.35. The highest BCUT2D eigenvalue weighted by Gasteiger charge is 2.53. The van der Waals surface area contributed by atoms with Crippen molar-refractivity contribution >= 4 is 5.97 Å². The Balaban J connectivity index is 1.21. The number of carbonyl (C=O) groups is 1. The summed E-state index contributed by atoms with van der Waals surface area (Å²) in [5, 5.41) is 11.7. The van der Waals surface area contributed by atoms with Gasteiger partial charge in [0.1, 0.15) is 42.7 Å². The van der Waals surface area contributed by atoms with Gasteiger partial charge in [0.2, 0.25) is 0 Å². The highest BCUT2D eigenvalue weighted by atomic mass is 16.7. The fourth-order valence-electron chi connectivity index (χ4n) is 7.70. The molecule has 0 saturated carbocycles. The molecule has 0 bridgehead atoms. The van der Waals surface area contributed by atoms with Crippen LogP contribution in [0.3, 0.4) is 0 Å². The molecule has 12 nitrogen and oxygen atoms in total. The molecular weight excluding hydrogens is 829 g/mol. The minimum atomic E-state index is -1.21. The molecule has 2 aliphatic rings.